The predicted molar refractivity (Wildman–Crippen MR) is 67.6 cm³/mol. The van der Waals surface area contributed by atoms with Gasteiger partial charge in [0.1, 0.15) is 17.2 Å². The van der Waals surface area contributed by atoms with Crippen LogP contribution in [0.25, 0.3) is 0 Å². The second-order valence-corrected chi connectivity index (χ2v) is 4.34. The second-order valence-electron chi connectivity index (χ2n) is 4.34. The van der Waals surface area contributed by atoms with E-state index in [-0.39, 0.29) is 11.5 Å². The van der Waals surface area contributed by atoms with E-state index >= 15 is 0 Å². The summed E-state index contributed by atoms with van der Waals surface area (Å²) in [4.78, 5) is 22.5. The van der Waals surface area contributed by atoms with Crippen molar-refractivity contribution in [1.82, 2.24) is 9.78 Å². The molecule has 0 radical (unpaired) electrons. The van der Waals surface area contributed by atoms with Gasteiger partial charge in [-0.15, -0.1) is 0 Å². The largest absolute Gasteiger partial charge is 0.313 e. The molecule has 0 saturated heterocycles. The Morgan fingerprint density at radius 3 is 2.56 bits per heavy atom. The van der Waals surface area contributed by atoms with Crippen molar-refractivity contribution in [3.8, 4) is 0 Å². The number of carbonyl (C=O) groups is 1. The quantitative estimate of drug-likeness (QED) is 0.576. The zero-order valence-corrected chi connectivity index (χ0v) is 11.3. The highest BCUT2D eigenvalue weighted by Crippen LogP contribution is 2.31. The molecule has 0 spiro atoms. The van der Waals surface area contributed by atoms with E-state index in [1.165, 1.54) is 0 Å². The molecule has 6 heteroatoms. The smallest absolute Gasteiger partial charge is 0.299 e. The summed E-state index contributed by atoms with van der Waals surface area (Å²) in [6.07, 6.45) is 1.19. The second kappa shape index (κ2) is 5.75. The van der Waals surface area contributed by atoms with Crippen molar-refractivity contribution < 1.29 is 9.72 Å². The molecule has 1 unspecified atom stereocenters. The Hall–Kier alpha value is -1.72. The SMILES string of the molecule is CCCn1nc(C)c([N+](=O)[O-])c1C(C)C(=O)CC. The van der Waals surface area contributed by atoms with Crippen LogP contribution in [0.5, 0.6) is 0 Å². The summed E-state index contributed by atoms with van der Waals surface area (Å²) in [7, 11) is 0. The van der Waals surface area contributed by atoms with Crippen LogP contribution in [0.4, 0.5) is 5.69 Å². The summed E-state index contributed by atoms with van der Waals surface area (Å²) >= 11 is 0. The Morgan fingerprint density at radius 1 is 1.50 bits per heavy atom. The average Bonchev–Trinajstić information content (AvgIpc) is 2.64. The molecule has 6 nitrogen and oxygen atoms in total. The van der Waals surface area contributed by atoms with Crippen molar-refractivity contribution in [1.29, 1.82) is 0 Å². The fraction of sp³-hybridized carbons (Fsp3) is 0.667. The van der Waals surface area contributed by atoms with Gasteiger partial charge in [0.2, 0.25) is 0 Å². The van der Waals surface area contributed by atoms with Crippen LogP contribution in [0.15, 0.2) is 0 Å². The molecule has 1 heterocycles. The molecule has 0 aliphatic carbocycles. The molecule has 0 N–H and O–H groups in total. The first-order chi connectivity index (χ1) is 8.43. The van der Waals surface area contributed by atoms with Gasteiger partial charge in [-0.05, 0) is 20.3 Å². The molecular formula is C12H19N3O3. The molecule has 1 aromatic rings. The fourth-order valence-corrected chi connectivity index (χ4v) is 2.09. The first-order valence-electron chi connectivity index (χ1n) is 6.18. The molecule has 0 saturated carbocycles. The highest BCUT2D eigenvalue weighted by Gasteiger charge is 2.31. The molecule has 0 amide bonds. The van der Waals surface area contributed by atoms with Gasteiger partial charge in [-0.25, -0.2) is 0 Å². The lowest BCUT2D eigenvalue weighted by Crippen LogP contribution is -2.15. The summed E-state index contributed by atoms with van der Waals surface area (Å²) < 4.78 is 1.60. The van der Waals surface area contributed by atoms with Crippen LogP contribution < -0.4 is 0 Å². The van der Waals surface area contributed by atoms with Crippen molar-refractivity contribution in [2.24, 2.45) is 0 Å². The summed E-state index contributed by atoms with van der Waals surface area (Å²) in [6.45, 7) is 7.64. The Morgan fingerprint density at radius 2 is 2.11 bits per heavy atom. The third-order valence-corrected chi connectivity index (χ3v) is 2.99. The first-order valence-corrected chi connectivity index (χ1v) is 6.18. The summed E-state index contributed by atoms with van der Waals surface area (Å²) in [5, 5.41) is 15.3. The molecule has 0 fully saturated rings. The van der Waals surface area contributed by atoms with Crippen LogP contribution in [-0.2, 0) is 11.3 Å². The number of ketones is 1. The van der Waals surface area contributed by atoms with Crippen molar-refractivity contribution in [3.05, 3.63) is 21.5 Å². The van der Waals surface area contributed by atoms with E-state index in [2.05, 4.69) is 5.10 Å². The summed E-state index contributed by atoms with van der Waals surface area (Å²) in [5.74, 6) is -0.487. The standard InChI is InChI=1S/C12H19N3O3/c1-5-7-14-11(8(3)10(16)6-2)12(15(17)18)9(4)13-14/h8H,5-7H2,1-4H3. The van der Waals surface area contributed by atoms with E-state index in [4.69, 9.17) is 0 Å². The van der Waals surface area contributed by atoms with E-state index in [0.717, 1.165) is 6.42 Å². The maximum atomic E-state index is 11.8. The molecular weight excluding hydrogens is 234 g/mol. The van der Waals surface area contributed by atoms with Crippen LogP contribution in [0.3, 0.4) is 0 Å². The van der Waals surface area contributed by atoms with Gasteiger partial charge >= 0.3 is 5.69 Å². The van der Waals surface area contributed by atoms with Gasteiger partial charge in [0.25, 0.3) is 0 Å². The third kappa shape index (κ3) is 2.57. The van der Waals surface area contributed by atoms with E-state index in [1.54, 1.807) is 25.5 Å². The molecule has 0 aromatic carbocycles. The van der Waals surface area contributed by atoms with Gasteiger partial charge in [0.05, 0.1) is 10.8 Å². The number of hydrogen-bond donors (Lipinski definition) is 0. The minimum Gasteiger partial charge on any atom is -0.299 e. The van der Waals surface area contributed by atoms with E-state index < -0.39 is 10.8 Å². The minimum absolute atomic E-state index is 0.00430. The number of rotatable bonds is 6. The molecule has 1 atom stereocenters. The average molecular weight is 253 g/mol. The molecule has 0 aliphatic rings. The minimum atomic E-state index is -0.483. The lowest BCUT2D eigenvalue weighted by atomic mass is 9.99. The zero-order chi connectivity index (χ0) is 13.9. The molecule has 100 valence electrons. The Bertz CT molecular complexity index is 465. The van der Waals surface area contributed by atoms with Crippen LogP contribution in [-0.4, -0.2) is 20.5 Å². The Labute approximate surface area is 106 Å². The highest BCUT2D eigenvalue weighted by molar-refractivity contribution is 5.85. The highest BCUT2D eigenvalue weighted by atomic mass is 16.6. The van der Waals surface area contributed by atoms with Crippen LogP contribution in [0.2, 0.25) is 0 Å². The number of nitrogens with zero attached hydrogens (tertiary/aromatic N) is 3. The third-order valence-electron chi connectivity index (χ3n) is 2.99. The summed E-state index contributed by atoms with van der Waals surface area (Å²) in [5.41, 5.74) is 0.795. The Balaban J connectivity index is 3.36. The number of hydrogen-bond acceptors (Lipinski definition) is 4. The van der Waals surface area contributed by atoms with Crippen LogP contribution >= 0.6 is 0 Å². The monoisotopic (exact) mass is 253 g/mol. The molecule has 18 heavy (non-hydrogen) atoms. The van der Waals surface area contributed by atoms with Crippen LogP contribution in [0.1, 0.15) is 50.9 Å². The van der Waals surface area contributed by atoms with Crippen molar-refractivity contribution in [2.45, 2.75) is 53.0 Å². The fourth-order valence-electron chi connectivity index (χ4n) is 2.09. The zero-order valence-electron chi connectivity index (χ0n) is 11.3. The Kier molecular flexibility index (Phi) is 4.58. The number of carbonyl (C=O) groups excluding carboxylic acids is 1. The van der Waals surface area contributed by atoms with Crippen molar-refractivity contribution in [2.75, 3.05) is 0 Å². The van der Waals surface area contributed by atoms with Gasteiger partial charge in [-0.3, -0.25) is 19.6 Å². The molecule has 0 aliphatic heterocycles. The van der Waals surface area contributed by atoms with Crippen LogP contribution in [0, 0.1) is 17.0 Å². The predicted octanol–water partition coefficient (Wildman–Crippen LogP) is 2.59. The van der Waals surface area contributed by atoms with E-state index in [1.807, 2.05) is 6.92 Å². The molecule has 1 rings (SSSR count). The number of Topliss-reactive ketones (excluding diaryl/α,β-unsaturated/α-hetero) is 1. The van der Waals surface area contributed by atoms with Gasteiger partial charge in [0.15, 0.2) is 0 Å². The van der Waals surface area contributed by atoms with Gasteiger partial charge in [-0.1, -0.05) is 13.8 Å². The van der Waals surface area contributed by atoms with Gasteiger partial charge < -0.3 is 0 Å². The van der Waals surface area contributed by atoms with Crippen molar-refractivity contribution >= 4 is 11.5 Å². The maximum absolute atomic E-state index is 11.8. The number of aryl methyl sites for hydroxylation is 2. The first kappa shape index (κ1) is 14.3. The number of nitro groups is 1. The summed E-state index contributed by atoms with van der Waals surface area (Å²) in [6, 6.07) is 0. The van der Waals surface area contributed by atoms with E-state index in [9.17, 15) is 14.9 Å². The molecule has 1 aromatic heterocycles. The van der Waals surface area contributed by atoms with Gasteiger partial charge in [-0.2, -0.15) is 5.10 Å². The lowest BCUT2D eigenvalue weighted by molar-refractivity contribution is -0.386. The normalized spacial score (nSPS) is 12.4. The maximum Gasteiger partial charge on any atom is 0.313 e. The molecule has 0 bridgehead atoms. The topological polar surface area (TPSA) is 78.0 Å². The number of aromatic nitrogens is 2. The van der Waals surface area contributed by atoms with Gasteiger partial charge in [0, 0.05) is 13.0 Å². The van der Waals surface area contributed by atoms with E-state index in [0.29, 0.717) is 24.4 Å². The van der Waals surface area contributed by atoms with Crippen molar-refractivity contribution in [3.63, 3.8) is 0 Å². The lowest BCUT2D eigenvalue weighted by Gasteiger charge is -2.11.